The third-order valence-electron chi connectivity index (χ3n) is 3.05. The normalized spacial score (nSPS) is 11.8. The molecule has 22 heavy (non-hydrogen) atoms. The average molecular weight is 303 g/mol. The molecule has 0 aliphatic heterocycles. The number of ether oxygens (including phenoxy) is 1. The molecule has 0 saturated carbocycles. The zero-order chi connectivity index (χ0) is 15.9. The lowest BCUT2D eigenvalue weighted by Gasteiger charge is -2.19. The van der Waals surface area contributed by atoms with Gasteiger partial charge in [0.1, 0.15) is 23.4 Å². The number of carbonyl (C=O) groups excluding carboxylic acids is 1. The molecule has 6 heteroatoms. The molecular formula is C16H21N3O3. The summed E-state index contributed by atoms with van der Waals surface area (Å²) in [6, 6.07) is 7.21. The van der Waals surface area contributed by atoms with E-state index in [0.29, 0.717) is 18.8 Å². The molecule has 2 aromatic rings. The molecule has 2 heterocycles. The molecule has 0 spiro atoms. The first-order valence-electron chi connectivity index (χ1n) is 7.15. The predicted molar refractivity (Wildman–Crippen MR) is 82.6 cm³/mol. The van der Waals surface area contributed by atoms with Crippen LogP contribution in [0.15, 0.2) is 41.1 Å². The quantitative estimate of drug-likeness (QED) is 0.890. The fourth-order valence-electron chi connectivity index (χ4n) is 1.93. The van der Waals surface area contributed by atoms with Crippen molar-refractivity contribution in [3.8, 4) is 5.75 Å². The Hall–Kier alpha value is -2.50. The van der Waals surface area contributed by atoms with Crippen LogP contribution >= 0.6 is 0 Å². The molecule has 0 aromatic carbocycles. The van der Waals surface area contributed by atoms with Crippen LogP contribution in [0.1, 0.15) is 18.4 Å². The standard InChI is InChI=1S/C16H21N3O3/c1-12-6-7-15(21-12)11-19(3)16(20)18-9-13(2)22-14-5-4-8-17-10-14/h4-8,10,13H,9,11H2,1-3H3,(H,18,20)/t13-/m0/s1. The SMILES string of the molecule is Cc1ccc(CN(C)C(=O)NC[C@H](C)Oc2cccnc2)o1. The van der Waals surface area contributed by atoms with Crippen molar-refractivity contribution in [1.29, 1.82) is 0 Å². The summed E-state index contributed by atoms with van der Waals surface area (Å²) in [5, 5.41) is 2.83. The number of nitrogens with zero attached hydrogens (tertiary/aromatic N) is 2. The average Bonchev–Trinajstić information content (AvgIpc) is 2.91. The number of furan rings is 1. The number of nitrogens with one attached hydrogen (secondary N) is 1. The molecule has 2 aromatic heterocycles. The highest BCUT2D eigenvalue weighted by Gasteiger charge is 2.12. The van der Waals surface area contributed by atoms with Crippen LogP contribution in [0.25, 0.3) is 0 Å². The molecular weight excluding hydrogens is 282 g/mol. The molecule has 0 unspecified atom stereocenters. The third-order valence-corrected chi connectivity index (χ3v) is 3.05. The molecule has 1 atom stereocenters. The number of urea groups is 1. The summed E-state index contributed by atoms with van der Waals surface area (Å²) in [5.41, 5.74) is 0. The zero-order valence-electron chi connectivity index (χ0n) is 13.1. The summed E-state index contributed by atoms with van der Waals surface area (Å²) < 4.78 is 11.1. The van der Waals surface area contributed by atoms with Gasteiger partial charge in [0.15, 0.2) is 0 Å². The van der Waals surface area contributed by atoms with Crippen LogP contribution in [-0.2, 0) is 6.54 Å². The van der Waals surface area contributed by atoms with Crippen molar-refractivity contribution in [3.63, 3.8) is 0 Å². The number of aryl methyl sites for hydroxylation is 1. The Labute approximate surface area is 130 Å². The van der Waals surface area contributed by atoms with E-state index < -0.39 is 0 Å². The Balaban J connectivity index is 1.74. The van der Waals surface area contributed by atoms with Crippen molar-refractivity contribution in [2.24, 2.45) is 0 Å². The lowest BCUT2D eigenvalue weighted by molar-refractivity contribution is 0.185. The van der Waals surface area contributed by atoms with Crippen molar-refractivity contribution in [2.45, 2.75) is 26.5 Å². The van der Waals surface area contributed by atoms with E-state index in [1.54, 1.807) is 30.4 Å². The minimum absolute atomic E-state index is 0.146. The Morgan fingerprint density at radius 1 is 1.45 bits per heavy atom. The lowest BCUT2D eigenvalue weighted by Crippen LogP contribution is -2.41. The topological polar surface area (TPSA) is 67.6 Å². The maximum absolute atomic E-state index is 12.0. The second-order valence-corrected chi connectivity index (χ2v) is 5.17. The van der Waals surface area contributed by atoms with E-state index in [1.807, 2.05) is 32.0 Å². The fourth-order valence-corrected chi connectivity index (χ4v) is 1.93. The van der Waals surface area contributed by atoms with Crippen molar-refractivity contribution >= 4 is 6.03 Å². The summed E-state index contributed by atoms with van der Waals surface area (Å²) >= 11 is 0. The number of hydrogen-bond acceptors (Lipinski definition) is 4. The van der Waals surface area contributed by atoms with E-state index in [4.69, 9.17) is 9.15 Å². The number of pyridine rings is 1. The molecule has 0 aliphatic rings. The van der Waals surface area contributed by atoms with E-state index in [9.17, 15) is 4.79 Å². The molecule has 6 nitrogen and oxygen atoms in total. The van der Waals surface area contributed by atoms with E-state index in [0.717, 1.165) is 11.5 Å². The molecule has 0 radical (unpaired) electrons. The fraction of sp³-hybridized carbons (Fsp3) is 0.375. The van der Waals surface area contributed by atoms with Crippen LogP contribution in [0.3, 0.4) is 0 Å². The van der Waals surface area contributed by atoms with E-state index in [-0.39, 0.29) is 12.1 Å². The van der Waals surface area contributed by atoms with Gasteiger partial charge in [-0.3, -0.25) is 4.98 Å². The van der Waals surface area contributed by atoms with Crippen LogP contribution < -0.4 is 10.1 Å². The molecule has 2 rings (SSSR count). The van der Waals surface area contributed by atoms with Crippen LogP contribution in [0.2, 0.25) is 0 Å². The van der Waals surface area contributed by atoms with Gasteiger partial charge in [-0.2, -0.15) is 0 Å². The largest absolute Gasteiger partial charge is 0.487 e. The molecule has 0 fully saturated rings. The Morgan fingerprint density at radius 2 is 2.27 bits per heavy atom. The Morgan fingerprint density at radius 3 is 2.91 bits per heavy atom. The van der Waals surface area contributed by atoms with Crippen molar-refractivity contribution < 1.29 is 13.9 Å². The number of amides is 2. The first kappa shape index (κ1) is 15.9. The van der Waals surface area contributed by atoms with Gasteiger partial charge in [-0.15, -0.1) is 0 Å². The molecule has 2 amide bonds. The van der Waals surface area contributed by atoms with Gasteiger partial charge in [0.25, 0.3) is 0 Å². The Bertz CT molecular complexity index is 598. The molecule has 0 aliphatic carbocycles. The molecule has 118 valence electrons. The van der Waals surface area contributed by atoms with Gasteiger partial charge in [0, 0.05) is 13.2 Å². The van der Waals surface area contributed by atoms with E-state index >= 15 is 0 Å². The minimum Gasteiger partial charge on any atom is -0.487 e. The third kappa shape index (κ3) is 4.80. The van der Waals surface area contributed by atoms with Gasteiger partial charge in [0.05, 0.1) is 19.3 Å². The maximum atomic E-state index is 12.0. The molecule has 1 N–H and O–H groups in total. The van der Waals surface area contributed by atoms with E-state index in [1.165, 1.54) is 0 Å². The van der Waals surface area contributed by atoms with Gasteiger partial charge < -0.3 is 19.4 Å². The maximum Gasteiger partial charge on any atom is 0.317 e. The van der Waals surface area contributed by atoms with Gasteiger partial charge in [-0.25, -0.2) is 4.79 Å². The van der Waals surface area contributed by atoms with Crippen molar-refractivity contribution in [3.05, 3.63) is 48.2 Å². The monoisotopic (exact) mass is 303 g/mol. The summed E-state index contributed by atoms with van der Waals surface area (Å²) in [7, 11) is 1.72. The van der Waals surface area contributed by atoms with Crippen LogP contribution in [0.5, 0.6) is 5.75 Å². The van der Waals surface area contributed by atoms with Gasteiger partial charge in [-0.1, -0.05) is 0 Å². The highest BCUT2D eigenvalue weighted by atomic mass is 16.5. The highest BCUT2D eigenvalue weighted by Crippen LogP contribution is 2.10. The second-order valence-electron chi connectivity index (χ2n) is 5.17. The first-order chi connectivity index (χ1) is 10.5. The lowest BCUT2D eigenvalue weighted by atomic mass is 10.4. The number of hydrogen-bond donors (Lipinski definition) is 1. The molecule has 0 bridgehead atoms. The van der Waals surface area contributed by atoms with Gasteiger partial charge in [0.2, 0.25) is 0 Å². The Kier molecular flexibility index (Phi) is 5.41. The first-order valence-corrected chi connectivity index (χ1v) is 7.15. The number of aromatic nitrogens is 1. The summed E-state index contributed by atoms with van der Waals surface area (Å²) in [6.45, 7) is 4.61. The van der Waals surface area contributed by atoms with Crippen LogP contribution in [-0.4, -0.2) is 35.6 Å². The van der Waals surface area contributed by atoms with Gasteiger partial charge in [-0.05, 0) is 38.1 Å². The smallest absolute Gasteiger partial charge is 0.317 e. The summed E-state index contributed by atoms with van der Waals surface area (Å²) in [5.74, 6) is 2.28. The van der Waals surface area contributed by atoms with Crippen molar-refractivity contribution in [1.82, 2.24) is 15.2 Å². The minimum atomic E-state index is -0.171. The summed E-state index contributed by atoms with van der Waals surface area (Å²) in [6.07, 6.45) is 3.18. The van der Waals surface area contributed by atoms with Crippen molar-refractivity contribution in [2.75, 3.05) is 13.6 Å². The second kappa shape index (κ2) is 7.49. The number of carbonyl (C=O) groups is 1. The number of rotatable bonds is 6. The zero-order valence-corrected chi connectivity index (χ0v) is 13.1. The van der Waals surface area contributed by atoms with Crippen LogP contribution in [0.4, 0.5) is 4.79 Å². The van der Waals surface area contributed by atoms with Crippen LogP contribution in [0, 0.1) is 6.92 Å². The highest BCUT2D eigenvalue weighted by molar-refractivity contribution is 5.73. The predicted octanol–water partition coefficient (Wildman–Crippen LogP) is 2.59. The van der Waals surface area contributed by atoms with Gasteiger partial charge >= 0.3 is 6.03 Å². The van der Waals surface area contributed by atoms with E-state index in [2.05, 4.69) is 10.3 Å². The summed E-state index contributed by atoms with van der Waals surface area (Å²) in [4.78, 5) is 17.6. The molecule has 0 saturated heterocycles.